The van der Waals surface area contributed by atoms with Crippen LogP contribution in [0.4, 0.5) is 0 Å². The molecule has 1 atom stereocenters. The first kappa shape index (κ1) is 12.8. The highest BCUT2D eigenvalue weighted by molar-refractivity contribution is 5.82. The summed E-state index contributed by atoms with van der Waals surface area (Å²) in [5.74, 6) is 0. The standard InChI is InChI=1S/C16H18N4/c1-17-16(9-12-10-19-20(2)11-12)14-5-3-7-15-13(14)6-4-8-18-15/h3-8,10-11,16-17H,9H2,1-2H3. The minimum absolute atomic E-state index is 0.257. The van der Waals surface area contributed by atoms with E-state index < -0.39 is 0 Å². The largest absolute Gasteiger partial charge is 0.313 e. The number of aryl methyl sites for hydroxylation is 1. The Morgan fingerprint density at radius 3 is 2.90 bits per heavy atom. The highest BCUT2D eigenvalue weighted by Crippen LogP contribution is 2.25. The van der Waals surface area contributed by atoms with E-state index in [4.69, 9.17) is 0 Å². The molecule has 0 radical (unpaired) electrons. The van der Waals surface area contributed by atoms with Crippen molar-refractivity contribution in [3.8, 4) is 0 Å². The third-order valence-electron chi connectivity index (χ3n) is 3.60. The second-order valence-electron chi connectivity index (χ2n) is 4.98. The molecule has 0 amide bonds. The summed E-state index contributed by atoms with van der Waals surface area (Å²) in [5.41, 5.74) is 3.55. The van der Waals surface area contributed by atoms with Crippen LogP contribution in [0.1, 0.15) is 17.2 Å². The van der Waals surface area contributed by atoms with Gasteiger partial charge in [-0.05, 0) is 36.7 Å². The second kappa shape index (κ2) is 5.43. The van der Waals surface area contributed by atoms with E-state index in [0.717, 1.165) is 11.9 Å². The van der Waals surface area contributed by atoms with Gasteiger partial charge in [-0.2, -0.15) is 5.10 Å². The Hall–Kier alpha value is -2.20. The van der Waals surface area contributed by atoms with E-state index in [9.17, 15) is 0 Å². The predicted molar refractivity (Wildman–Crippen MR) is 80.5 cm³/mol. The number of fused-ring (bicyclic) bond motifs is 1. The normalized spacial score (nSPS) is 12.7. The van der Waals surface area contributed by atoms with Crippen molar-refractivity contribution in [2.45, 2.75) is 12.5 Å². The van der Waals surface area contributed by atoms with Gasteiger partial charge in [0.15, 0.2) is 0 Å². The van der Waals surface area contributed by atoms with Crippen molar-refractivity contribution in [1.29, 1.82) is 0 Å². The lowest BCUT2D eigenvalue weighted by Crippen LogP contribution is -2.19. The fraction of sp³-hybridized carbons (Fsp3) is 0.250. The summed E-state index contributed by atoms with van der Waals surface area (Å²) in [6.45, 7) is 0. The molecule has 3 aromatic rings. The molecule has 3 rings (SSSR count). The maximum atomic E-state index is 4.43. The van der Waals surface area contributed by atoms with Gasteiger partial charge in [0.25, 0.3) is 0 Å². The molecule has 20 heavy (non-hydrogen) atoms. The van der Waals surface area contributed by atoms with Crippen molar-refractivity contribution < 1.29 is 0 Å². The van der Waals surface area contributed by atoms with Crippen LogP contribution in [0.25, 0.3) is 10.9 Å². The molecule has 0 saturated carbocycles. The zero-order valence-corrected chi connectivity index (χ0v) is 11.7. The molecule has 1 unspecified atom stereocenters. The number of benzene rings is 1. The van der Waals surface area contributed by atoms with Crippen LogP contribution in [0.5, 0.6) is 0 Å². The maximum absolute atomic E-state index is 4.43. The Bertz CT molecular complexity index is 712. The van der Waals surface area contributed by atoms with E-state index >= 15 is 0 Å². The summed E-state index contributed by atoms with van der Waals surface area (Å²) < 4.78 is 1.84. The summed E-state index contributed by atoms with van der Waals surface area (Å²) in [6, 6.07) is 10.7. The molecule has 2 heterocycles. The molecule has 1 aromatic carbocycles. The molecule has 102 valence electrons. The first-order valence-electron chi connectivity index (χ1n) is 6.76. The summed E-state index contributed by atoms with van der Waals surface area (Å²) in [4.78, 5) is 4.43. The topological polar surface area (TPSA) is 42.7 Å². The van der Waals surface area contributed by atoms with Crippen molar-refractivity contribution in [2.24, 2.45) is 7.05 Å². The van der Waals surface area contributed by atoms with Crippen molar-refractivity contribution in [3.63, 3.8) is 0 Å². The van der Waals surface area contributed by atoms with Gasteiger partial charge >= 0.3 is 0 Å². The van der Waals surface area contributed by atoms with Gasteiger partial charge in [-0.3, -0.25) is 9.67 Å². The van der Waals surface area contributed by atoms with E-state index in [0.29, 0.717) is 0 Å². The Morgan fingerprint density at radius 2 is 2.15 bits per heavy atom. The minimum Gasteiger partial charge on any atom is -0.313 e. The van der Waals surface area contributed by atoms with Crippen LogP contribution in [0.15, 0.2) is 48.9 Å². The van der Waals surface area contributed by atoms with Gasteiger partial charge in [-0.1, -0.05) is 18.2 Å². The average molecular weight is 266 g/mol. The Balaban J connectivity index is 1.98. The van der Waals surface area contributed by atoms with Gasteiger partial charge in [0.05, 0.1) is 11.7 Å². The highest BCUT2D eigenvalue weighted by atomic mass is 15.2. The van der Waals surface area contributed by atoms with Gasteiger partial charge in [-0.25, -0.2) is 0 Å². The fourth-order valence-electron chi connectivity index (χ4n) is 2.61. The molecule has 0 bridgehead atoms. The van der Waals surface area contributed by atoms with Gasteiger partial charge < -0.3 is 5.32 Å². The maximum Gasteiger partial charge on any atom is 0.0705 e. The lowest BCUT2D eigenvalue weighted by atomic mass is 9.97. The average Bonchev–Trinajstić information content (AvgIpc) is 2.89. The summed E-state index contributed by atoms with van der Waals surface area (Å²) >= 11 is 0. The number of hydrogen-bond acceptors (Lipinski definition) is 3. The second-order valence-corrected chi connectivity index (χ2v) is 4.98. The van der Waals surface area contributed by atoms with Gasteiger partial charge in [0.1, 0.15) is 0 Å². The molecule has 1 N–H and O–H groups in total. The van der Waals surface area contributed by atoms with Gasteiger partial charge in [0.2, 0.25) is 0 Å². The Morgan fingerprint density at radius 1 is 1.25 bits per heavy atom. The molecule has 0 aliphatic rings. The van der Waals surface area contributed by atoms with Crippen molar-refractivity contribution >= 4 is 10.9 Å². The van der Waals surface area contributed by atoms with Crippen LogP contribution in [0, 0.1) is 0 Å². The molecule has 4 nitrogen and oxygen atoms in total. The summed E-state index contributed by atoms with van der Waals surface area (Å²) in [5, 5.41) is 8.85. The van der Waals surface area contributed by atoms with Crippen molar-refractivity contribution in [3.05, 3.63) is 60.0 Å². The molecule has 0 aliphatic heterocycles. The number of pyridine rings is 1. The molecule has 0 fully saturated rings. The quantitative estimate of drug-likeness (QED) is 0.789. The van der Waals surface area contributed by atoms with E-state index in [-0.39, 0.29) is 6.04 Å². The Labute approximate surface area is 118 Å². The van der Waals surface area contributed by atoms with Crippen LogP contribution in [-0.2, 0) is 13.5 Å². The number of likely N-dealkylation sites (N-methyl/N-ethyl adjacent to an activating group) is 1. The minimum atomic E-state index is 0.257. The fourth-order valence-corrected chi connectivity index (χ4v) is 2.61. The van der Waals surface area contributed by atoms with Crippen LogP contribution < -0.4 is 5.32 Å². The zero-order valence-electron chi connectivity index (χ0n) is 11.7. The number of hydrogen-bond donors (Lipinski definition) is 1. The van der Waals surface area contributed by atoms with E-state index in [1.165, 1.54) is 16.5 Å². The number of rotatable bonds is 4. The zero-order chi connectivity index (χ0) is 13.9. The van der Waals surface area contributed by atoms with E-state index in [2.05, 4.69) is 45.9 Å². The van der Waals surface area contributed by atoms with Gasteiger partial charge in [-0.15, -0.1) is 0 Å². The SMILES string of the molecule is CNC(Cc1cnn(C)c1)c1cccc2ncccc12. The van der Waals surface area contributed by atoms with Crippen molar-refractivity contribution in [1.82, 2.24) is 20.1 Å². The number of aromatic nitrogens is 3. The van der Waals surface area contributed by atoms with Crippen LogP contribution in [-0.4, -0.2) is 21.8 Å². The Kier molecular flexibility index (Phi) is 3.48. The highest BCUT2D eigenvalue weighted by Gasteiger charge is 2.14. The van der Waals surface area contributed by atoms with Crippen molar-refractivity contribution in [2.75, 3.05) is 7.05 Å². The lowest BCUT2D eigenvalue weighted by molar-refractivity contribution is 0.596. The molecule has 4 heteroatoms. The molecule has 2 aromatic heterocycles. The molecule has 0 aliphatic carbocycles. The number of nitrogens with zero attached hydrogens (tertiary/aromatic N) is 3. The van der Waals surface area contributed by atoms with Crippen LogP contribution in [0.2, 0.25) is 0 Å². The first-order chi connectivity index (χ1) is 9.78. The lowest BCUT2D eigenvalue weighted by Gasteiger charge is -2.17. The summed E-state index contributed by atoms with van der Waals surface area (Å²) in [7, 11) is 3.94. The molecule has 0 saturated heterocycles. The number of nitrogens with one attached hydrogen (secondary N) is 1. The van der Waals surface area contributed by atoms with Crippen LogP contribution in [0.3, 0.4) is 0 Å². The van der Waals surface area contributed by atoms with E-state index in [1.807, 2.05) is 37.2 Å². The molecular formula is C16H18N4. The molecular weight excluding hydrogens is 248 g/mol. The molecule has 0 spiro atoms. The summed E-state index contributed by atoms with van der Waals surface area (Å²) in [6.07, 6.45) is 6.74. The monoisotopic (exact) mass is 266 g/mol. The van der Waals surface area contributed by atoms with E-state index in [1.54, 1.807) is 0 Å². The third kappa shape index (κ3) is 2.42. The third-order valence-corrected chi connectivity index (χ3v) is 3.60. The predicted octanol–water partition coefficient (Wildman–Crippen LogP) is 2.47. The smallest absolute Gasteiger partial charge is 0.0705 e. The first-order valence-corrected chi connectivity index (χ1v) is 6.76. The van der Waals surface area contributed by atoms with Gasteiger partial charge in [0, 0.05) is 30.9 Å². The van der Waals surface area contributed by atoms with Crippen LogP contribution >= 0.6 is 0 Å².